The van der Waals surface area contributed by atoms with Gasteiger partial charge in [-0.1, -0.05) is 26.7 Å². The van der Waals surface area contributed by atoms with Crippen LogP contribution in [0.3, 0.4) is 0 Å². The van der Waals surface area contributed by atoms with Crippen LogP contribution in [0.25, 0.3) is 0 Å². The minimum absolute atomic E-state index is 0.533. The molecule has 1 aromatic rings. The van der Waals surface area contributed by atoms with Crippen LogP contribution in [0.15, 0.2) is 0 Å². The quantitative estimate of drug-likeness (QED) is 0.832. The summed E-state index contributed by atoms with van der Waals surface area (Å²) in [6, 6.07) is 0. The minimum atomic E-state index is -0.632. The number of tetrazole rings is 1. The molecule has 1 N–H and O–H groups in total. The van der Waals surface area contributed by atoms with E-state index in [0.717, 1.165) is 31.6 Å². The molecule has 1 saturated carbocycles. The van der Waals surface area contributed by atoms with Crippen molar-refractivity contribution < 1.29 is 5.11 Å². The predicted octanol–water partition coefficient (Wildman–Crippen LogP) is 1.72. The third-order valence-electron chi connectivity index (χ3n) is 4.18. The van der Waals surface area contributed by atoms with Gasteiger partial charge < -0.3 is 5.11 Å². The van der Waals surface area contributed by atoms with Gasteiger partial charge in [0.2, 0.25) is 0 Å². The Kier molecular flexibility index (Phi) is 4.00. The second kappa shape index (κ2) is 5.34. The molecule has 0 radical (unpaired) electrons. The number of rotatable bonds is 3. The molecule has 2 atom stereocenters. The van der Waals surface area contributed by atoms with E-state index < -0.39 is 5.60 Å². The van der Waals surface area contributed by atoms with Crippen LogP contribution in [0.5, 0.6) is 0 Å². The first-order valence-corrected chi connectivity index (χ1v) is 6.94. The fraction of sp³-hybridized carbons (Fsp3) is 0.923. The minimum Gasteiger partial charge on any atom is -0.389 e. The Labute approximate surface area is 109 Å². The highest BCUT2D eigenvalue weighted by molar-refractivity contribution is 4.93. The van der Waals surface area contributed by atoms with Crippen molar-refractivity contribution in [1.82, 2.24) is 20.2 Å². The Bertz CT molecular complexity index is 390. The summed E-state index contributed by atoms with van der Waals surface area (Å²) in [6.45, 7) is 4.55. The molecule has 0 bridgehead atoms. The van der Waals surface area contributed by atoms with Gasteiger partial charge >= 0.3 is 0 Å². The van der Waals surface area contributed by atoms with Gasteiger partial charge in [-0.25, -0.2) is 0 Å². The van der Waals surface area contributed by atoms with Crippen LogP contribution in [0.1, 0.15) is 51.8 Å². The summed E-state index contributed by atoms with van der Waals surface area (Å²) in [5.41, 5.74) is -0.632. The maximum Gasteiger partial charge on any atom is 0.177 e. The van der Waals surface area contributed by atoms with Crippen molar-refractivity contribution in [2.75, 3.05) is 0 Å². The number of hydrogen-bond donors (Lipinski definition) is 1. The maximum absolute atomic E-state index is 10.7. The SMILES string of the molecule is CC(C)C1CCCC(O)(Cc2nnn(C)n2)CC1. The molecule has 1 aliphatic carbocycles. The molecule has 18 heavy (non-hydrogen) atoms. The van der Waals surface area contributed by atoms with Gasteiger partial charge in [-0.3, -0.25) is 0 Å². The van der Waals surface area contributed by atoms with Crippen LogP contribution < -0.4 is 0 Å². The zero-order valence-electron chi connectivity index (χ0n) is 11.6. The van der Waals surface area contributed by atoms with Crippen molar-refractivity contribution in [2.24, 2.45) is 18.9 Å². The van der Waals surface area contributed by atoms with E-state index in [9.17, 15) is 5.11 Å². The lowest BCUT2D eigenvalue weighted by atomic mass is 9.87. The average molecular weight is 252 g/mol. The first-order chi connectivity index (χ1) is 8.48. The predicted molar refractivity (Wildman–Crippen MR) is 68.9 cm³/mol. The third-order valence-corrected chi connectivity index (χ3v) is 4.18. The lowest BCUT2D eigenvalue weighted by Crippen LogP contribution is -2.31. The van der Waals surface area contributed by atoms with Crippen LogP contribution >= 0.6 is 0 Å². The zero-order chi connectivity index (χ0) is 13.2. The highest BCUT2D eigenvalue weighted by atomic mass is 16.3. The van der Waals surface area contributed by atoms with Gasteiger partial charge in [-0.15, -0.1) is 10.2 Å². The summed E-state index contributed by atoms with van der Waals surface area (Å²) in [5.74, 6) is 2.11. The highest BCUT2D eigenvalue weighted by Gasteiger charge is 2.33. The van der Waals surface area contributed by atoms with Crippen LogP contribution in [-0.2, 0) is 13.5 Å². The van der Waals surface area contributed by atoms with Gasteiger partial charge in [-0.05, 0) is 36.3 Å². The maximum atomic E-state index is 10.7. The zero-order valence-corrected chi connectivity index (χ0v) is 11.6. The normalized spacial score (nSPS) is 29.5. The largest absolute Gasteiger partial charge is 0.389 e. The number of aromatic nitrogens is 4. The summed E-state index contributed by atoms with van der Waals surface area (Å²) in [6.07, 6.45) is 5.68. The van der Waals surface area contributed by atoms with Crippen LogP contribution in [0, 0.1) is 11.8 Å². The first kappa shape index (κ1) is 13.5. The number of hydrogen-bond acceptors (Lipinski definition) is 4. The Hall–Kier alpha value is -0.970. The number of aliphatic hydroxyl groups is 1. The van der Waals surface area contributed by atoms with E-state index in [-0.39, 0.29) is 0 Å². The van der Waals surface area contributed by atoms with Crippen LogP contribution in [0.4, 0.5) is 0 Å². The summed E-state index contributed by atoms with van der Waals surface area (Å²) in [5, 5.41) is 22.7. The number of aryl methyl sites for hydroxylation is 1. The molecule has 1 aromatic heterocycles. The van der Waals surface area contributed by atoms with Crippen LogP contribution in [0.2, 0.25) is 0 Å². The van der Waals surface area contributed by atoms with Gasteiger partial charge in [0.05, 0.1) is 12.6 Å². The van der Waals surface area contributed by atoms with Crippen molar-refractivity contribution in [3.05, 3.63) is 5.82 Å². The van der Waals surface area contributed by atoms with Crippen LogP contribution in [-0.4, -0.2) is 30.9 Å². The van der Waals surface area contributed by atoms with Gasteiger partial charge in [0.15, 0.2) is 5.82 Å². The monoisotopic (exact) mass is 252 g/mol. The molecule has 2 unspecified atom stereocenters. The van der Waals surface area contributed by atoms with E-state index in [1.807, 2.05) is 0 Å². The van der Waals surface area contributed by atoms with Gasteiger partial charge in [0, 0.05) is 6.42 Å². The molecule has 5 heteroatoms. The Morgan fingerprint density at radius 2 is 2.17 bits per heavy atom. The molecule has 0 amide bonds. The topological polar surface area (TPSA) is 63.8 Å². The molecule has 0 aliphatic heterocycles. The Balaban J connectivity index is 1.98. The summed E-state index contributed by atoms with van der Waals surface area (Å²) < 4.78 is 0. The van der Waals surface area contributed by atoms with E-state index in [2.05, 4.69) is 29.3 Å². The highest BCUT2D eigenvalue weighted by Crippen LogP contribution is 2.35. The van der Waals surface area contributed by atoms with Gasteiger partial charge in [0.25, 0.3) is 0 Å². The van der Waals surface area contributed by atoms with E-state index in [1.54, 1.807) is 7.05 Å². The standard InChI is InChI=1S/C13H24N4O/c1-10(2)11-5-4-7-13(18,8-6-11)9-12-14-16-17(3)15-12/h10-11,18H,4-9H2,1-3H3. The molecular formula is C13H24N4O. The summed E-state index contributed by atoms with van der Waals surface area (Å²) in [7, 11) is 1.75. The van der Waals surface area contributed by atoms with Crippen molar-refractivity contribution >= 4 is 0 Å². The fourth-order valence-electron chi connectivity index (χ4n) is 2.95. The Morgan fingerprint density at radius 3 is 2.78 bits per heavy atom. The third kappa shape index (κ3) is 3.28. The molecule has 102 valence electrons. The van der Waals surface area contributed by atoms with E-state index in [0.29, 0.717) is 18.2 Å². The van der Waals surface area contributed by atoms with E-state index in [4.69, 9.17) is 0 Å². The molecule has 0 spiro atoms. The van der Waals surface area contributed by atoms with E-state index in [1.165, 1.54) is 11.2 Å². The first-order valence-electron chi connectivity index (χ1n) is 6.94. The fourth-order valence-corrected chi connectivity index (χ4v) is 2.95. The van der Waals surface area contributed by atoms with Crippen molar-refractivity contribution in [2.45, 2.75) is 58.0 Å². The second-order valence-electron chi connectivity index (χ2n) is 6.03. The van der Waals surface area contributed by atoms with Gasteiger partial charge in [-0.2, -0.15) is 4.80 Å². The lowest BCUT2D eigenvalue weighted by molar-refractivity contribution is 0.0217. The molecule has 0 aromatic carbocycles. The lowest BCUT2D eigenvalue weighted by Gasteiger charge is -2.25. The second-order valence-corrected chi connectivity index (χ2v) is 6.03. The van der Waals surface area contributed by atoms with Crippen molar-refractivity contribution in [3.8, 4) is 0 Å². The average Bonchev–Trinajstić information content (AvgIpc) is 2.58. The smallest absolute Gasteiger partial charge is 0.177 e. The number of nitrogens with zero attached hydrogens (tertiary/aromatic N) is 4. The molecule has 1 heterocycles. The molecule has 1 fully saturated rings. The Morgan fingerprint density at radius 1 is 1.39 bits per heavy atom. The molecule has 5 nitrogen and oxygen atoms in total. The molecular weight excluding hydrogens is 228 g/mol. The summed E-state index contributed by atoms with van der Waals surface area (Å²) in [4.78, 5) is 1.45. The van der Waals surface area contributed by atoms with Crippen molar-refractivity contribution in [1.29, 1.82) is 0 Å². The molecule has 0 saturated heterocycles. The summed E-state index contributed by atoms with van der Waals surface area (Å²) >= 11 is 0. The molecule has 1 aliphatic rings. The van der Waals surface area contributed by atoms with Gasteiger partial charge in [0.1, 0.15) is 0 Å². The van der Waals surface area contributed by atoms with Crippen molar-refractivity contribution in [3.63, 3.8) is 0 Å². The molecule has 2 rings (SSSR count). The van der Waals surface area contributed by atoms with E-state index >= 15 is 0 Å².